The third kappa shape index (κ3) is 3.79. The van der Waals surface area contributed by atoms with Crippen molar-refractivity contribution in [2.24, 2.45) is 0 Å². The van der Waals surface area contributed by atoms with Crippen LogP contribution < -0.4 is 0 Å². The van der Waals surface area contributed by atoms with E-state index in [0.717, 1.165) is 44.7 Å². The number of nitrogens with zero attached hydrogens (tertiary/aromatic N) is 5. The molecule has 120 valence electrons. The van der Waals surface area contributed by atoms with E-state index in [2.05, 4.69) is 45.6 Å². The number of fused-ring (bicyclic) bond motifs is 1. The second-order valence-corrected chi connectivity index (χ2v) is 6.39. The first-order chi connectivity index (χ1) is 11.2. The van der Waals surface area contributed by atoms with Crippen molar-refractivity contribution in [3.63, 3.8) is 0 Å². The molecule has 0 bridgehead atoms. The summed E-state index contributed by atoms with van der Waals surface area (Å²) >= 11 is 0. The van der Waals surface area contributed by atoms with Gasteiger partial charge in [-0.3, -0.25) is 4.90 Å². The van der Waals surface area contributed by atoms with Gasteiger partial charge in [0.1, 0.15) is 5.82 Å². The second kappa shape index (κ2) is 6.95. The first-order valence-corrected chi connectivity index (χ1v) is 8.05. The fraction of sp³-hybridized carbons (Fsp3) is 0.444. The standard InChI is InChI=1S/C18H23N5/c1-21(2)14-17-12-20-18-6-7-22(8-9-23(17)18)13-16-5-3-4-15(10-16)11-19/h3-5,10,12H,6-9,13-14H2,1-2H3. The molecule has 0 N–H and O–H groups in total. The van der Waals surface area contributed by atoms with Crippen LogP contribution in [0.3, 0.4) is 0 Å². The van der Waals surface area contributed by atoms with Crippen molar-refractivity contribution >= 4 is 0 Å². The van der Waals surface area contributed by atoms with Crippen LogP contribution in [0.1, 0.15) is 22.6 Å². The molecule has 2 aromatic rings. The smallest absolute Gasteiger partial charge is 0.110 e. The molecule has 0 aliphatic carbocycles. The van der Waals surface area contributed by atoms with E-state index in [9.17, 15) is 0 Å². The second-order valence-electron chi connectivity index (χ2n) is 6.39. The molecule has 1 aromatic carbocycles. The molecular formula is C18H23N5. The maximum Gasteiger partial charge on any atom is 0.110 e. The van der Waals surface area contributed by atoms with Crippen molar-refractivity contribution in [3.05, 3.63) is 53.1 Å². The average molecular weight is 309 g/mol. The van der Waals surface area contributed by atoms with Gasteiger partial charge in [-0.05, 0) is 31.8 Å². The Kier molecular flexibility index (Phi) is 4.75. The third-order valence-corrected chi connectivity index (χ3v) is 4.25. The van der Waals surface area contributed by atoms with Gasteiger partial charge in [0.2, 0.25) is 0 Å². The normalized spacial score (nSPS) is 15.2. The van der Waals surface area contributed by atoms with Crippen molar-refractivity contribution in [1.82, 2.24) is 19.4 Å². The summed E-state index contributed by atoms with van der Waals surface area (Å²) in [4.78, 5) is 9.24. The summed E-state index contributed by atoms with van der Waals surface area (Å²) in [7, 11) is 4.18. The lowest BCUT2D eigenvalue weighted by Crippen LogP contribution is -2.27. The average Bonchev–Trinajstić information content (AvgIpc) is 2.79. The van der Waals surface area contributed by atoms with Crippen LogP contribution in [0.15, 0.2) is 30.5 Å². The highest BCUT2D eigenvalue weighted by molar-refractivity contribution is 5.32. The third-order valence-electron chi connectivity index (χ3n) is 4.25. The molecule has 2 heterocycles. The summed E-state index contributed by atoms with van der Waals surface area (Å²) in [5.74, 6) is 1.19. The number of hydrogen-bond donors (Lipinski definition) is 0. The Morgan fingerprint density at radius 3 is 2.91 bits per heavy atom. The molecule has 0 saturated carbocycles. The largest absolute Gasteiger partial charge is 0.329 e. The molecule has 3 rings (SSSR count). The van der Waals surface area contributed by atoms with Crippen molar-refractivity contribution in [1.29, 1.82) is 5.26 Å². The molecule has 0 atom stereocenters. The Morgan fingerprint density at radius 1 is 1.26 bits per heavy atom. The van der Waals surface area contributed by atoms with Gasteiger partial charge in [0, 0.05) is 45.3 Å². The molecule has 23 heavy (non-hydrogen) atoms. The van der Waals surface area contributed by atoms with Gasteiger partial charge in [-0.25, -0.2) is 4.98 Å². The minimum Gasteiger partial charge on any atom is -0.329 e. The fourth-order valence-corrected chi connectivity index (χ4v) is 3.14. The summed E-state index contributed by atoms with van der Waals surface area (Å²) in [6, 6.07) is 10.1. The van der Waals surface area contributed by atoms with E-state index in [0.29, 0.717) is 0 Å². The molecule has 0 spiro atoms. The number of aromatic nitrogens is 2. The first kappa shape index (κ1) is 15.7. The molecule has 1 aliphatic rings. The van der Waals surface area contributed by atoms with E-state index >= 15 is 0 Å². The van der Waals surface area contributed by atoms with Crippen LogP contribution in [-0.4, -0.2) is 46.5 Å². The number of rotatable bonds is 4. The monoisotopic (exact) mass is 309 g/mol. The van der Waals surface area contributed by atoms with Crippen molar-refractivity contribution in [2.75, 3.05) is 27.2 Å². The Morgan fingerprint density at radius 2 is 2.13 bits per heavy atom. The maximum absolute atomic E-state index is 9.03. The van der Waals surface area contributed by atoms with Crippen LogP contribution in [0.4, 0.5) is 0 Å². The van der Waals surface area contributed by atoms with Gasteiger partial charge in [0.15, 0.2) is 0 Å². The maximum atomic E-state index is 9.03. The minimum absolute atomic E-state index is 0.735. The SMILES string of the molecule is CN(C)Cc1cnc2n1CCN(Cc1cccc(C#N)c1)CC2. The molecular weight excluding hydrogens is 286 g/mol. The summed E-state index contributed by atoms with van der Waals surface area (Å²) in [6.07, 6.45) is 2.99. The fourth-order valence-electron chi connectivity index (χ4n) is 3.14. The van der Waals surface area contributed by atoms with Gasteiger partial charge < -0.3 is 9.47 Å². The zero-order valence-corrected chi connectivity index (χ0v) is 13.9. The Balaban J connectivity index is 1.67. The van der Waals surface area contributed by atoms with E-state index in [4.69, 9.17) is 5.26 Å². The lowest BCUT2D eigenvalue weighted by Gasteiger charge is -2.20. The quantitative estimate of drug-likeness (QED) is 0.865. The number of imidazole rings is 1. The van der Waals surface area contributed by atoms with Gasteiger partial charge in [0.25, 0.3) is 0 Å². The molecule has 0 amide bonds. The molecule has 1 aromatic heterocycles. The van der Waals surface area contributed by atoms with Gasteiger partial charge in [0.05, 0.1) is 17.3 Å². The van der Waals surface area contributed by atoms with Gasteiger partial charge in [-0.15, -0.1) is 0 Å². The zero-order valence-electron chi connectivity index (χ0n) is 13.9. The molecule has 0 saturated heterocycles. The Hall–Kier alpha value is -2.16. The highest BCUT2D eigenvalue weighted by Gasteiger charge is 2.17. The lowest BCUT2D eigenvalue weighted by molar-refractivity contribution is 0.269. The molecule has 5 heteroatoms. The van der Waals surface area contributed by atoms with Crippen LogP contribution in [0.25, 0.3) is 0 Å². The van der Waals surface area contributed by atoms with Crippen molar-refractivity contribution in [2.45, 2.75) is 26.1 Å². The summed E-state index contributed by atoms with van der Waals surface area (Å²) in [5.41, 5.74) is 3.23. The van der Waals surface area contributed by atoms with Gasteiger partial charge in [-0.2, -0.15) is 5.26 Å². The predicted molar refractivity (Wildman–Crippen MR) is 89.8 cm³/mol. The van der Waals surface area contributed by atoms with Crippen LogP contribution in [0.5, 0.6) is 0 Å². The van der Waals surface area contributed by atoms with E-state index < -0.39 is 0 Å². The Labute approximate surface area is 137 Å². The zero-order chi connectivity index (χ0) is 16.2. The molecule has 5 nitrogen and oxygen atoms in total. The van der Waals surface area contributed by atoms with Crippen LogP contribution in [-0.2, 0) is 26.1 Å². The molecule has 0 fully saturated rings. The molecule has 0 radical (unpaired) electrons. The highest BCUT2D eigenvalue weighted by atomic mass is 15.2. The van der Waals surface area contributed by atoms with Gasteiger partial charge in [-0.1, -0.05) is 12.1 Å². The predicted octanol–water partition coefficient (Wildman–Crippen LogP) is 1.87. The highest BCUT2D eigenvalue weighted by Crippen LogP contribution is 2.15. The number of nitriles is 1. The summed E-state index contributed by atoms with van der Waals surface area (Å²) in [6.45, 7) is 4.83. The summed E-state index contributed by atoms with van der Waals surface area (Å²) < 4.78 is 2.37. The minimum atomic E-state index is 0.735. The van der Waals surface area contributed by atoms with E-state index in [1.165, 1.54) is 17.1 Å². The first-order valence-electron chi connectivity index (χ1n) is 8.05. The van der Waals surface area contributed by atoms with E-state index in [1.54, 1.807) is 0 Å². The van der Waals surface area contributed by atoms with Gasteiger partial charge >= 0.3 is 0 Å². The van der Waals surface area contributed by atoms with Crippen molar-refractivity contribution in [3.8, 4) is 6.07 Å². The van der Waals surface area contributed by atoms with Crippen molar-refractivity contribution < 1.29 is 0 Å². The topological polar surface area (TPSA) is 48.1 Å². The van der Waals surface area contributed by atoms with Crippen LogP contribution in [0, 0.1) is 11.3 Å². The summed E-state index contributed by atoms with van der Waals surface area (Å²) in [5, 5.41) is 9.03. The molecule has 0 unspecified atom stereocenters. The Bertz CT molecular complexity index is 710. The lowest BCUT2D eigenvalue weighted by atomic mass is 10.1. The number of benzene rings is 1. The van der Waals surface area contributed by atoms with E-state index in [1.807, 2.05) is 24.4 Å². The number of hydrogen-bond acceptors (Lipinski definition) is 4. The molecule has 1 aliphatic heterocycles. The van der Waals surface area contributed by atoms with Crippen LogP contribution in [0.2, 0.25) is 0 Å². The van der Waals surface area contributed by atoms with Crippen LogP contribution >= 0.6 is 0 Å². The van der Waals surface area contributed by atoms with E-state index in [-0.39, 0.29) is 0 Å².